The SMILES string of the molecule is CCc1ccccc1NC(=O)CN(C)C(=O)CCn1cc([N+](=O)[O-])nc1C. The quantitative estimate of drug-likeness (QED) is 0.563. The average Bonchev–Trinajstić information content (AvgIpc) is 3.01. The molecular weight excluding hydrogens is 350 g/mol. The van der Waals surface area contributed by atoms with Gasteiger partial charge in [0.25, 0.3) is 0 Å². The molecule has 0 aliphatic rings. The molecule has 0 atom stereocenters. The molecule has 1 heterocycles. The monoisotopic (exact) mass is 373 g/mol. The Labute approximate surface area is 157 Å². The van der Waals surface area contributed by atoms with E-state index in [0.29, 0.717) is 5.82 Å². The Morgan fingerprint density at radius 2 is 2.04 bits per heavy atom. The fraction of sp³-hybridized carbons (Fsp3) is 0.389. The van der Waals surface area contributed by atoms with Crippen LogP contribution in [-0.4, -0.2) is 44.8 Å². The van der Waals surface area contributed by atoms with E-state index in [0.717, 1.165) is 17.7 Å². The maximum absolute atomic E-state index is 12.3. The molecule has 0 spiro atoms. The minimum absolute atomic E-state index is 0.0695. The number of aryl methyl sites for hydroxylation is 3. The maximum Gasteiger partial charge on any atom is 0.381 e. The number of carbonyl (C=O) groups is 2. The van der Waals surface area contributed by atoms with E-state index >= 15 is 0 Å². The van der Waals surface area contributed by atoms with Gasteiger partial charge < -0.3 is 24.9 Å². The molecule has 144 valence electrons. The highest BCUT2D eigenvalue weighted by Crippen LogP contribution is 2.15. The van der Waals surface area contributed by atoms with Gasteiger partial charge in [-0.3, -0.25) is 9.59 Å². The lowest BCUT2D eigenvalue weighted by atomic mass is 10.1. The molecule has 9 heteroatoms. The number of imidazole rings is 1. The molecule has 27 heavy (non-hydrogen) atoms. The molecule has 0 aliphatic carbocycles. The summed E-state index contributed by atoms with van der Waals surface area (Å²) in [6, 6.07) is 7.52. The summed E-state index contributed by atoms with van der Waals surface area (Å²) in [5, 5.41) is 13.6. The number of hydrogen-bond donors (Lipinski definition) is 1. The van der Waals surface area contributed by atoms with Crippen LogP contribution in [0.2, 0.25) is 0 Å². The van der Waals surface area contributed by atoms with Crippen LogP contribution in [0.3, 0.4) is 0 Å². The van der Waals surface area contributed by atoms with E-state index in [1.54, 1.807) is 18.5 Å². The highest BCUT2D eigenvalue weighted by molar-refractivity contribution is 5.95. The number of rotatable bonds is 8. The van der Waals surface area contributed by atoms with Crippen molar-refractivity contribution >= 4 is 23.3 Å². The normalized spacial score (nSPS) is 10.5. The van der Waals surface area contributed by atoms with Gasteiger partial charge in [-0.2, -0.15) is 0 Å². The molecule has 2 amide bonds. The fourth-order valence-corrected chi connectivity index (χ4v) is 2.66. The smallest absolute Gasteiger partial charge is 0.358 e. The zero-order valence-electron chi connectivity index (χ0n) is 15.6. The van der Waals surface area contributed by atoms with Crippen LogP contribution in [0.1, 0.15) is 24.7 Å². The van der Waals surface area contributed by atoms with Gasteiger partial charge in [-0.15, -0.1) is 0 Å². The molecule has 2 aromatic rings. The van der Waals surface area contributed by atoms with Crippen molar-refractivity contribution < 1.29 is 14.5 Å². The summed E-state index contributed by atoms with van der Waals surface area (Å²) < 4.78 is 1.56. The van der Waals surface area contributed by atoms with Gasteiger partial charge >= 0.3 is 5.82 Å². The molecule has 0 fully saturated rings. The van der Waals surface area contributed by atoms with Crippen molar-refractivity contribution in [2.45, 2.75) is 33.2 Å². The number of nitrogens with one attached hydrogen (secondary N) is 1. The Balaban J connectivity index is 1.88. The fourth-order valence-electron chi connectivity index (χ4n) is 2.66. The second kappa shape index (κ2) is 8.93. The molecule has 0 unspecified atom stereocenters. The lowest BCUT2D eigenvalue weighted by molar-refractivity contribution is -0.389. The standard InChI is InChI=1S/C18H23N5O4/c1-4-14-7-5-6-8-15(14)20-17(24)12-21(3)18(25)9-10-22-11-16(23(26)27)19-13(22)2/h5-8,11H,4,9-10,12H2,1-3H3,(H,20,24). The number of hydrogen-bond acceptors (Lipinski definition) is 5. The van der Waals surface area contributed by atoms with Gasteiger partial charge in [0.2, 0.25) is 17.6 Å². The van der Waals surface area contributed by atoms with E-state index < -0.39 is 4.92 Å². The second-order valence-corrected chi connectivity index (χ2v) is 6.16. The third kappa shape index (κ3) is 5.37. The van der Waals surface area contributed by atoms with Crippen LogP contribution in [0.25, 0.3) is 0 Å². The maximum atomic E-state index is 12.3. The van der Waals surface area contributed by atoms with Gasteiger partial charge in [-0.05, 0) is 28.0 Å². The molecule has 2 rings (SSSR count). The lowest BCUT2D eigenvalue weighted by Gasteiger charge is -2.17. The molecule has 0 bridgehead atoms. The van der Waals surface area contributed by atoms with E-state index in [9.17, 15) is 19.7 Å². The second-order valence-electron chi connectivity index (χ2n) is 6.16. The third-order valence-electron chi connectivity index (χ3n) is 4.20. The number of nitro groups is 1. The number of benzene rings is 1. The molecule has 0 saturated carbocycles. The summed E-state index contributed by atoms with van der Waals surface area (Å²) in [7, 11) is 1.55. The Hall–Kier alpha value is -3.23. The van der Waals surface area contributed by atoms with Crippen molar-refractivity contribution in [2.24, 2.45) is 0 Å². The molecule has 9 nitrogen and oxygen atoms in total. The topological polar surface area (TPSA) is 110 Å². The summed E-state index contributed by atoms with van der Waals surface area (Å²) in [5.41, 5.74) is 1.77. The molecule has 0 radical (unpaired) electrons. The number of likely N-dealkylation sites (N-methyl/N-ethyl adjacent to an activating group) is 1. The minimum atomic E-state index is -0.573. The van der Waals surface area contributed by atoms with Crippen molar-refractivity contribution in [3.63, 3.8) is 0 Å². The summed E-state index contributed by atoms with van der Waals surface area (Å²) in [6.07, 6.45) is 2.21. The van der Waals surface area contributed by atoms with E-state index in [1.165, 1.54) is 11.1 Å². The van der Waals surface area contributed by atoms with E-state index in [1.807, 2.05) is 31.2 Å². The Kier molecular flexibility index (Phi) is 6.64. The Bertz CT molecular complexity index is 846. The van der Waals surface area contributed by atoms with Crippen LogP contribution in [0, 0.1) is 17.0 Å². The van der Waals surface area contributed by atoms with Crippen molar-refractivity contribution in [1.29, 1.82) is 0 Å². The molecule has 0 saturated heterocycles. The Morgan fingerprint density at radius 1 is 1.33 bits per heavy atom. The van der Waals surface area contributed by atoms with Crippen molar-refractivity contribution in [3.8, 4) is 0 Å². The van der Waals surface area contributed by atoms with E-state index in [2.05, 4.69) is 10.3 Å². The zero-order valence-corrected chi connectivity index (χ0v) is 15.6. The van der Waals surface area contributed by atoms with E-state index in [4.69, 9.17) is 0 Å². The summed E-state index contributed by atoms with van der Waals surface area (Å²) in [5.74, 6) is -0.292. The van der Waals surface area contributed by atoms with Gasteiger partial charge in [-0.25, -0.2) is 0 Å². The molecule has 0 aliphatic heterocycles. The molecular formula is C18H23N5O4. The van der Waals surface area contributed by atoms with Crippen molar-refractivity contribution in [2.75, 3.05) is 18.9 Å². The summed E-state index contributed by atoms with van der Waals surface area (Å²) in [6.45, 7) is 3.83. The van der Waals surface area contributed by atoms with Crippen molar-refractivity contribution in [1.82, 2.24) is 14.5 Å². The predicted octanol–water partition coefficient (Wildman–Crippen LogP) is 2.15. The summed E-state index contributed by atoms with van der Waals surface area (Å²) >= 11 is 0. The Morgan fingerprint density at radius 3 is 2.67 bits per heavy atom. The lowest BCUT2D eigenvalue weighted by Crippen LogP contribution is -2.35. The van der Waals surface area contributed by atoms with Crippen LogP contribution in [-0.2, 0) is 22.6 Å². The van der Waals surface area contributed by atoms with Crippen LogP contribution in [0.15, 0.2) is 30.5 Å². The number of nitrogens with zero attached hydrogens (tertiary/aromatic N) is 4. The predicted molar refractivity (Wildman–Crippen MR) is 100 cm³/mol. The summed E-state index contributed by atoms with van der Waals surface area (Å²) in [4.78, 5) is 39.8. The van der Waals surface area contributed by atoms with Gasteiger partial charge in [0.15, 0.2) is 0 Å². The largest absolute Gasteiger partial charge is 0.381 e. The van der Waals surface area contributed by atoms with Gasteiger partial charge in [0.05, 0.1) is 6.54 Å². The molecule has 1 aromatic heterocycles. The molecule has 1 N–H and O–H groups in total. The number of amides is 2. The third-order valence-corrected chi connectivity index (χ3v) is 4.20. The highest BCUT2D eigenvalue weighted by atomic mass is 16.6. The number of aromatic nitrogens is 2. The number of anilines is 1. The average molecular weight is 373 g/mol. The van der Waals surface area contributed by atoms with Crippen LogP contribution in [0.4, 0.5) is 11.5 Å². The van der Waals surface area contributed by atoms with Crippen LogP contribution < -0.4 is 5.32 Å². The first-order valence-corrected chi connectivity index (χ1v) is 8.61. The van der Waals surface area contributed by atoms with Crippen LogP contribution >= 0.6 is 0 Å². The highest BCUT2D eigenvalue weighted by Gasteiger charge is 2.18. The first-order valence-electron chi connectivity index (χ1n) is 8.61. The minimum Gasteiger partial charge on any atom is -0.358 e. The first kappa shape index (κ1) is 20.1. The number of para-hydroxylation sites is 1. The molecule has 1 aromatic carbocycles. The van der Waals surface area contributed by atoms with Gasteiger partial charge in [0.1, 0.15) is 6.20 Å². The first-order chi connectivity index (χ1) is 12.8. The number of carbonyl (C=O) groups excluding carboxylic acids is 2. The van der Waals surface area contributed by atoms with Crippen LogP contribution in [0.5, 0.6) is 0 Å². The van der Waals surface area contributed by atoms with Gasteiger partial charge in [-0.1, -0.05) is 25.1 Å². The van der Waals surface area contributed by atoms with Crippen molar-refractivity contribution in [3.05, 3.63) is 52.0 Å². The zero-order chi connectivity index (χ0) is 20.0. The van der Waals surface area contributed by atoms with E-state index in [-0.39, 0.29) is 37.1 Å². The van der Waals surface area contributed by atoms with Gasteiger partial charge in [0, 0.05) is 32.6 Å².